The van der Waals surface area contributed by atoms with Crippen molar-refractivity contribution < 1.29 is 14.4 Å². The maximum absolute atomic E-state index is 12.9. The van der Waals surface area contributed by atoms with Crippen LogP contribution >= 0.6 is 35.3 Å². The van der Waals surface area contributed by atoms with Crippen LogP contribution in [0.3, 0.4) is 0 Å². The van der Waals surface area contributed by atoms with E-state index in [0.717, 1.165) is 39.2 Å². The van der Waals surface area contributed by atoms with E-state index in [1.165, 1.54) is 35.3 Å². The van der Waals surface area contributed by atoms with Crippen molar-refractivity contribution in [2.24, 2.45) is 5.92 Å². The summed E-state index contributed by atoms with van der Waals surface area (Å²) in [4.78, 5) is 52.1. The third-order valence-electron chi connectivity index (χ3n) is 7.17. The Labute approximate surface area is 277 Å². The third-order valence-corrected chi connectivity index (χ3v) is 9.71. The zero-order valence-electron chi connectivity index (χ0n) is 26.3. The van der Waals surface area contributed by atoms with Gasteiger partial charge in [0.1, 0.15) is 0 Å². The van der Waals surface area contributed by atoms with E-state index in [1.807, 2.05) is 83.2 Å². The molecule has 0 radical (unpaired) electrons. The highest BCUT2D eigenvalue weighted by molar-refractivity contribution is 8.01. The molecule has 1 heterocycles. The molecule has 2 aromatic carbocycles. The molecular weight excluding hydrogens is 625 g/mol. The number of nitrogens with one attached hydrogen (secondary N) is 3. The van der Waals surface area contributed by atoms with Crippen molar-refractivity contribution >= 4 is 64.4 Å². The van der Waals surface area contributed by atoms with Gasteiger partial charge >= 0.3 is 0 Å². The number of nitrogens with zero attached hydrogens (tertiary/aromatic N) is 3. The van der Waals surface area contributed by atoms with Crippen molar-refractivity contribution in [2.75, 3.05) is 27.9 Å². The smallest absolute Gasteiger partial charge is 0.234 e. The largest absolute Gasteiger partial charge is 0.348 e. The minimum Gasteiger partial charge on any atom is -0.348 e. The van der Waals surface area contributed by atoms with Crippen molar-refractivity contribution in [2.45, 2.75) is 63.1 Å². The van der Waals surface area contributed by atoms with Gasteiger partial charge in [-0.15, -0.1) is 0 Å². The van der Waals surface area contributed by atoms with E-state index in [9.17, 15) is 14.4 Å². The maximum Gasteiger partial charge on any atom is 0.234 e. The normalized spacial score (nSPS) is 15.7. The van der Waals surface area contributed by atoms with Gasteiger partial charge in [0.15, 0.2) is 15.5 Å². The van der Waals surface area contributed by atoms with Crippen LogP contribution in [0.25, 0.3) is 0 Å². The summed E-state index contributed by atoms with van der Waals surface area (Å²) in [7, 11) is 0. The molecule has 1 aromatic heterocycles. The molecule has 9 nitrogen and oxygen atoms in total. The number of hydrogen-bond acceptors (Lipinski definition) is 9. The highest BCUT2D eigenvalue weighted by atomic mass is 32.2. The molecule has 12 heteroatoms. The van der Waals surface area contributed by atoms with Crippen LogP contribution in [0.5, 0.6) is 0 Å². The van der Waals surface area contributed by atoms with Crippen LogP contribution in [-0.2, 0) is 14.4 Å². The van der Waals surface area contributed by atoms with E-state index in [-0.39, 0.29) is 46.9 Å². The number of carbonyl (C=O) groups excluding carboxylic acids is 3. The molecule has 0 fully saturated rings. The van der Waals surface area contributed by atoms with Crippen LogP contribution in [0.15, 0.2) is 75.7 Å². The second-order valence-corrected chi connectivity index (χ2v) is 13.7. The monoisotopic (exact) mass is 662 g/mol. The predicted octanol–water partition coefficient (Wildman–Crippen LogP) is 6.30. The molecule has 3 aromatic rings. The zero-order valence-corrected chi connectivity index (χ0v) is 28.7. The summed E-state index contributed by atoms with van der Waals surface area (Å²) in [5, 5.41) is 10.1. The van der Waals surface area contributed by atoms with Crippen molar-refractivity contribution in [3.05, 3.63) is 82.5 Å². The first-order valence-corrected chi connectivity index (χ1v) is 17.5. The van der Waals surface area contributed by atoms with E-state index in [1.54, 1.807) is 0 Å². The number of para-hydroxylation sites is 2. The zero-order chi connectivity index (χ0) is 32.5. The summed E-state index contributed by atoms with van der Waals surface area (Å²) in [6.45, 7) is 11.9. The molecular formula is C33H38N6O3S3. The van der Waals surface area contributed by atoms with Gasteiger partial charge in [0.05, 0.1) is 23.3 Å². The fourth-order valence-electron chi connectivity index (χ4n) is 4.75. The average molecular weight is 663 g/mol. The lowest BCUT2D eigenvalue weighted by Gasteiger charge is -2.26. The van der Waals surface area contributed by atoms with Crippen molar-refractivity contribution in [3.63, 3.8) is 0 Å². The van der Waals surface area contributed by atoms with Gasteiger partial charge in [0, 0.05) is 11.4 Å². The first-order chi connectivity index (χ1) is 21.5. The van der Waals surface area contributed by atoms with Crippen LogP contribution in [0.2, 0.25) is 0 Å². The lowest BCUT2D eigenvalue weighted by molar-refractivity contribution is -0.119. The average Bonchev–Trinajstić information content (AvgIpc) is 3.00. The fourth-order valence-corrected chi connectivity index (χ4v) is 6.84. The molecule has 236 valence electrons. The molecule has 0 spiro atoms. The first kappa shape index (κ1) is 34.3. The van der Waals surface area contributed by atoms with Crippen LogP contribution in [0, 0.1) is 33.6 Å². The Morgan fingerprint density at radius 2 is 1.07 bits per heavy atom. The Hall–Kier alpha value is -3.61. The molecule has 0 bridgehead atoms. The quantitative estimate of drug-likeness (QED) is 0.192. The summed E-state index contributed by atoms with van der Waals surface area (Å²) < 4.78 is 0. The standard InChI is InChI=1S/C33H38N6O3S3/c1-19-10-7-11-20(2)28(19)34-25(40)16-43-31-37-32(44-17-26(41)35-29-21(3)12-8-13-22(29)4)39-33(38-31)45-18-27(42)36-30-23(5)14-9-15-24(30)6/h7-15,19,28H,16-18H2,1-6H3,(H,34,40)(H,35,41)(H,36,42)/t19-,28+/m0/s1. The summed E-state index contributed by atoms with van der Waals surface area (Å²) in [5.74, 6) is -0.0454. The first-order valence-electron chi connectivity index (χ1n) is 14.5. The number of aryl methyl sites for hydroxylation is 4. The number of carbonyl (C=O) groups is 3. The van der Waals surface area contributed by atoms with Crippen molar-refractivity contribution in [3.8, 4) is 0 Å². The Morgan fingerprint density at radius 3 is 1.47 bits per heavy atom. The summed E-state index contributed by atoms with van der Waals surface area (Å²) in [6, 6.07) is 11.6. The molecule has 4 rings (SSSR count). The second kappa shape index (κ2) is 16.1. The van der Waals surface area contributed by atoms with E-state index in [2.05, 4.69) is 43.9 Å². The molecule has 3 N–H and O–H groups in total. The Balaban J connectivity index is 1.44. The van der Waals surface area contributed by atoms with Crippen LogP contribution < -0.4 is 16.0 Å². The third kappa shape index (κ3) is 9.94. The molecule has 0 saturated heterocycles. The Bertz CT molecular complexity index is 1510. The highest BCUT2D eigenvalue weighted by Gasteiger charge is 2.22. The SMILES string of the molecule is CC1=CC=C[C@H](C)[C@H]1NC(=O)CSc1nc(SCC(=O)Nc2c(C)cccc2C)nc(SCC(=O)Nc2c(C)cccc2C)n1. The van der Waals surface area contributed by atoms with Crippen molar-refractivity contribution in [1.82, 2.24) is 20.3 Å². The number of aromatic nitrogens is 3. The van der Waals surface area contributed by atoms with E-state index >= 15 is 0 Å². The highest BCUT2D eigenvalue weighted by Crippen LogP contribution is 2.26. The van der Waals surface area contributed by atoms with Gasteiger partial charge < -0.3 is 16.0 Å². The molecule has 0 saturated carbocycles. The fraction of sp³-hybridized carbons (Fsp3) is 0.333. The number of amides is 3. The molecule has 1 aliphatic carbocycles. The maximum atomic E-state index is 12.9. The lowest BCUT2D eigenvalue weighted by atomic mass is 9.91. The minimum atomic E-state index is -0.187. The minimum absolute atomic E-state index is 0.0653. The van der Waals surface area contributed by atoms with Gasteiger partial charge in [-0.2, -0.15) is 15.0 Å². The Morgan fingerprint density at radius 1 is 0.667 bits per heavy atom. The molecule has 0 unspecified atom stereocenters. The van der Waals surface area contributed by atoms with Crippen LogP contribution in [0.1, 0.15) is 36.1 Å². The number of anilines is 2. The van der Waals surface area contributed by atoms with Gasteiger partial charge in [-0.3, -0.25) is 14.4 Å². The molecule has 3 amide bonds. The second-order valence-electron chi connectivity index (χ2n) is 10.9. The van der Waals surface area contributed by atoms with E-state index in [0.29, 0.717) is 15.5 Å². The molecule has 0 aliphatic heterocycles. The summed E-state index contributed by atoms with van der Waals surface area (Å²) in [5.41, 5.74) is 6.60. The van der Waals surface area contributed by atoms with Crippen molar-refractivity contribution in [1.29, 1.82) is 0 Å². The number of thioether (sulfide) groups is 3. The van der Waals surface area contributed by atoms with E-state index < -0.39 is 0 Å². The molecule has 45 heavy (non-hydrogen) atoms. The number of allylic oxidation sites excluding steroid dienone is 2. The van der Waals surface area contributed by atoms with Gasteiger partial charge in [-0.1, -0.05) is 102 Å². The number of hydrogen-bond donors (Lipinski definition) is 3. The van der Waals surface area contributed by atoms with Gasteiger partial charge in [-0.05, 0) is 62.8 Å². The number of rotatable bonds is 12. The van der Waals surface area contributed by atoms with E-state index in [4.69, 9.17) is 0 Å². The molecule has 1 aliphatic rings. The van der Waals surface area contributed by atoms with Gasteiger partial charge in [0.2, 0.25) is 17.7 Å². The summed E-state index contributed by atoms with van der Waals surface area (Å²) in [6.07, 6.45) is 6.08. The topological polar surface area (TPSA) is 126 Å². The lowest BCUT2D eigenvalue weighted by Crippen LogP contribution is -2.41. The van der Waals surface area contributed by atoms with Gasteiger partial charge in [-0.25, -0.2) is 0 Å². The Kier molecular flexibility index (Phi) is 12.3. The number of benzene rings is 2. The molecule has 2 atom stereocenters. The van der Waals surface area contributed by atoms with Gasteiger partial charge in [0.25, 0.3) is 0 Å². The predicted molar refractivity (Wildman–Crippen MR) is 185 cm³/mol. The van der Waals surface area contributed by atoms with Crippen LogP contribution in [-0.4, -0.2) is 56.0 Å². The van der Waals surface area contributed by atoms with Crippen LogP contribution in [0.4, 0.5) is 11.4 Å². The summed E-state index contributed by atoms with van der Waals surface area (Å²) >= 11 is 3.54.